The number of nitrogens with zero attached hydrogens (tertiary/aromatic N) is 2. The van der Waals surface area contributed by atoms with Gasteiger partial charge in [0.25, 0.3) is 0 Å². The van der Waals surface area contributed by atoms with E-state index in [1.807, 2.05) is 39.2 Å². The Morgan fingerprint density at radius 3 is 2.67 bits per heavy atom. The van der Waals surface area contributed by atoms with Gasteiger partial charge in [-0.15, -0.1) is 0 Å². The fourth-order valence-corrected chi connectivity index (χ4v) is 1.76. The lowest BCUT2D eigenvalue weighted by atomic mass is 10.0. The third-order valence-corrected chi connectivity index (χ3v) is 2.80. The number of nitrogens with one attached hydrogen (secondary N) is 1. The molecule has 1 aromatic carbocycles. The molecule has 2 N–H and O–H groups in total. The molecule has 0 aliphatic heterocycles. The Hall–Kier alpha value is -1.88. The maximum absolute atomic E-state index is 10.0. The van der Waals surface area contributed by atoms with E-state index in [1.165, 1.54) is 0 Å². The van der Waals surface area contributed by atoms with Crippen molar-refractivity contribution in [3.05, 3.63) is 35.9 Å². The van der Waals surface area contributed by atoms with E-state index in [9.17, 15) is 5.11 Å². The normalized spacial score (nSPS) is 10.5. The average Bonchev–Trinajstić information content (AvgIpc) is 2.38. The number of hydrogen-bond donors (Lipinski definition) is 2. The molecule has 2 rings (SSSR count). The standard InChI is InChI=1S/C13H16BN3O/c1-15-7-6-9-2-3-10(12(18)8-9)11-4-5-13(14)17-16-11/h2-5,8,15,18H,6-7,14H2,1H3. The molecule has 0 unspecified atom stereocenters. The van der Waals surface area contributed by atoms with Crippen molar-refractivity contribution in [2.24, 2.45) is 0 Å². The van der Waals surface area contributed by atoms with E-state index in [4.69, 9.17) is 0 Å². The Morgan fingerprint density at radius 1 is 1.22 bits per heavy atom. The van der Waals surface area contributed by atoms with Gasteiger partial charge in [0, 0.05) is 11.2 Å². The maximum atomic E-state index is 10.0. The van der Waals surface area contributed by atoms with Crippen LogP contribution in [0.2, 0.25) is 0 Å². The minimum absolute atomic E-state index is 0.252. The number of aromatic nitrogens is 2. The molecule has 92 valence electrons. The monoisotopic (exact) mass is 241 g/mol. The molecule has 0 bridgehead atoms. The van der Waals surface area contributed by atoms with Crippen LogP contribution in [-0.2, 0) is 6.42 Å². The molecule has 0 atom stereocenters. The zero-order chi connectivity index (χ0) is 13.0. The Labute approximate surface area is 107 Å². The molecule has 5 heteroatoms. The number of phenolic OH excluding ortho intramolecular Hbond substituents is 1. The van der Waals surface area contributed by atoms with Crippen LogP contribution in [-0.4, -0.2) is 36.7 Å². The van der Waals surface area contributed by atoms with Crippen molar-refractivity contribution in [3.8, 4) is 17.0 Å². The minimum Gasteiger partial charge on any atom is -0.507 e. The summed E-state index contributed by atoms with van der Waals surface area (Å²) in [5, 5.41) is 21.2. The van der Waals surface area contributed by atoms with Gasteiger partial charge in [-0.05, 0) is 49.8 Å². The lowest BCUT2D eigenvalue weighted by molar-refractivity contribution is 0.476. The summed E-state index contributed by atoms with van der Waals surface area (Å²) in [5.41, 5.74) is 3.38. The third kappa shape index (κ3) is 2.87. The number of hydrogen-bond acceptors (Lipinski definition) is 4. The van der Waals surface area contributed by atoms with Crippen LogP contribution in [0.25, 0.3) is 11.3 Å². The zero-order valence-corrected chi connectivity index (χ0v) is 10.6. The molecule has 0 saturated heterocycles. The number of rotatable bonds is 4. The summed E-state index contributed by atoms with van der Waals surface area (Å²) in [6, 6.07) is 9.43. The summed E-state index contributed by atoms with van der Waals surface area (Å²) in [4.78, 5) is 0. The molecule has 18 heavy (non-hydrogen) atoms. The minimum atomic E-state index is 0.252. The maximum Gasteiger partial charge on any atom is 0.166 e. The van der Waals surface area contributed by atoms with Gasteiger partial charge in [-0.1, -0.05) is 6.07 Å². The molecule has 0 spiro atoms. The largest absolute Gasteiger partial charge is 0.507 e. The van der Waals surface area contributed by atoms with Gasteiger partial charge in [-0.3, -0.25) is 0 Å². The van der Waals surface area contributed by atoms with Crippen molar-refractivity contribution in [1.82, 2.24) is 15.5 Å². The summed E-state index contributed by atoms with van der Waals surface area (Å²) in [6.07, 6.45) is 0.893. The summed E-state index contributed by atoms with van der Waals surface area (Å²) < 4.78 is 0. The van der Waals surface area contributed by atoms with Crippen molar-refractivity contribution in [2.45, 2.75) is 6.42 Å². The van der Waals surface area contributed by atoms with E-state index in [0.717, 1.165) is 29.7 Å². The molecule has 0 amide bonds. The van der Waals surface area contributed by atoms with Gasteiger partial charge in [0.1, 0.15) is 5.75 Å². The predicted molar refractivity (Wildman–Crippen MR) is 74.9 cm³/mol. The highest BCUT2D eigenvalue weighted by Gasteiger charge is 2.07. The molecule has 4 nitrogen and oxygen atoms in total. The van der Waals surface area contributed by atoms with Crippen LogP contribution in [0.4, 0.5) is 0 Å². The molecule has 0 aliphatic rings. The van der Waals surface area contributed by atoms with Crippen molar-refractivity contribution in [1.29, 1.82) is 0 Å². The van der Waals surface area contributed by atoms with Crippen LogP contribution >= 0.6 is 0 Å². The molecule has 0 radical (unpaired) electrons. The molecule has 1 aromatic heterocycles. The van der Waals surface area contributed by atoms with Crippen molar-refractivity contribution >= 4 is 13.4 Å². The van der Waals surface area contributed by atoms with Crippen LogP contribution < -0.4 is 10.9 Å². The van der Waals surface area contributed by atoms with E-state index in [-0.39, 0.29) is 5.75 Å². The Balaban J connectivity index is 2.26. The first-order valence-electron chi connectivity index (χ1n) is 5.98. The second kappa shape index (κ2) is 5.64. The number of aromatic hydroxyl groups is 1. The topological polar surface area (TPSA) is 58.0 Å². The molecular weight excluding hydrogens is 225 g/mol. The first-order valence-corrected chi connectivity index (χ1v) is 5.98. The van der Waals surface area contributed by atoms with E-state index >= 15 is 0 Å². The van der Waals surface area contributed by atoms with E-state index in [0.29, 0.717) is 5.69 Å². The third-order valence-electron chi connectivity index (χ3n) is 2.80. The van der Waals surface area contributed by atoms with E-state index in [2.05, 4.69) is 15.5 Å². The number of likely N-dealkylation sites (N-methyl/N-ethyl adjacent to an activating group) is 1. The summed E-state index contributed by atoms with van der Waals surface area (Å²) in [7, 11) is 3.80. The molecule has 0 saturated carbocycles. The number of benzene rings is 1. The molecule has 0 fully saturated rings. The van der Waals surface area contributed by atoms with E-state index < -0.39 is 0 Å². The molecular formula is C13H16BN3O. The van der Waals surface area contributed by atoms with Crippen molar-refractivity contribution in [2.75, 3.05) is 13.6 Å². The highest BCUT2D eigenvalue weighted by atomic mass is 16.3. The van der Waals surface area contributed by atoms with Crippen LogP contribution in [0.3, 0.4) is 0 Å². The highest BCUT2D eigenvalue weighted by molar-refractivity contribution is 6.30. The SMILES string of the molecule is Bc1ccc(-c2ccc(CCNC)cc2O)nn1. The molecule has 1 heterocycles. The van der Waals surface area contributed by atoms with Gasteiger partial charge < -0.3 is 10.4 Å². The van der Waals surface area contributed by atoms with Gasteiger partial charge in [0.05, 0.1) is 5.69 Å². The van der Waals surface area contributed by atoms with Crippen molar-refractivity contribution in [3.63, 3.8) is 0 Å². The molecule has 0 aliphatic carbocycles. The predicted octanol–water partition coefficient (Wildman–Crippen LogP) is -0.131. The smallest absolute Gasteiger partial charge is 0.166 e. The summed E-state index contributed by atoms with van der Waals surface area (Å²) in [6.45, 7) is 0.892. The van der Waals surface area contributed by atoms with Gasteiger partial charge in [0.2, 0.25) is 0 Å². The molecule has 2 aromatic rings. The summed E-state index contributed by atoms with van der Waals surface area (Å²) in [5.74, 6) is 0.252. The van der Waals surface area contributed by atoms with Gasteiger partial charge >= 0.3 is 0 Å². The van der Waals surface area contributed by atoms with Crippen molar-refractivity contribution < 1.29 is 5.11 Å². The van der Waals surface area contributed by atoms with Gasteiger partial charge in [-0.25, -0.2) is 0 Å². The zero-order valence-electron chi connectivity index (χ0n) is 10.6. The Kier molecular flexibility index (Phi) is 3.94. The van der Waals surface area contributed by atoms with Crippen LogP contribution in [0.1, 0.15) is 5.56 Å². The average molecular weight is 241 g/mol. The van der Waals surface area contributed by atoms with Gasteiger partial charge in [0.15, 0.2) is 7.85 Å². The van der Waals surface area contributed by atoms with Gasteiger partial charge in [-0.2, -0.15) is 10.2 Å². The first-order chi connectivity index (χ1) is 8.70. The van der Waals surface area contributed by atoms with E-state index in [1.54, 1.807) is 6.07 Å². The first kappa shape index (κ1) is 12.6. The Morgan fingerprint density at radius 2 is 2.06 bits per heavy atom. The summed E-state index contributed by atoms with van der Waals surface area (Å²) >= 11 is 0. The fraction of sp³-hybridized carbons (Fsp3) is 0.231. The lowest BCUT2D eigenvalue weighted by Crippen LogP contribution is -2.10. The quantitative estimate of drug-likeness (QED) is 0.732. The second-order valence-corrected chi connectivity index (χ2v) is 4.27. The second-order valence-electron chi connectivity index (χ2n) is 4.27. The lowest BCUT2D eigenvalue weighted by Gasteiger charge is -2.06. The number of phenols is 1. The van der Waals surface area contributed by atoms with Crippen LogP contribution in [0, 0.1) is 0 Å². The fourth-order valence-electron chi connectivity index (χ4n) is 1.76. The highest BCUT2D eigenvalue weighted by Crippen LogP contribution is 2.27. The van der Waals surface area contributed by atoms with Crippen LogP contribution in [0.15, 0.2) is 30.3 Å². The Bertz CT molecular complexity index is 528. The van der Waals surface area contributed by atoms with Crippen LogP contribution in [0.5, 0.6) is 5.75 Å².